The van der Waals surface area contributed by atoms with E-state index in [9.17, 15) is 9.90 Å². The Morgan fingerprint density at radius 2 is 2.15 bits per heavy atom. The molecule has 1 aromatic carbocycles. The Labute approximate surface area is 151 Å². The second-order valence-electron chi connectivity index (χ2n) is 6.73. The smallest absolute Gasteiger partial charge is 0.268 e. The second-order valence-corrected chi connectivity index (χ2v) is 6.73. The van der Waals surface area contributed by atoms with E-state index in [0.717, 1.165) is 22.3 Å². The Morgan fingerprint density at radius 3 is 2.85 bits per heavy atom. The van der Waals surface area contributed by atoms with E-state index in [1.165, 1.54) is 0 Å². The molecule has 1 unspecified atom stereocenters. The molecule has 3 aromatic rings. The summed E-state index contributed by atoms with van der Waals surface area (Å²) in [7, 11) is 1.62. The molecule has 1 atom stereocenters. The average Bonchev–Trinajstić information content (AvgIpc) is 3.07. The predicted octanol–water partition coefficient (Wildman–Crippen LogP) is 2.81. The highest BCUT2D eigenvalue weighted by atomic mass is 16.5. The van der Waals surface area contributed by atoms with Crippen LogP contribution in [0.25, 0.3) is 10.9 Å². The predicted molar refractivity (Wildman–Crippen MR) is 98.0 cm³/mol. The molecule has 4 rings (SSSR count). The van der Waals surface area contributed by atoms with Crippen LogP contribution in [0.3, 0.4) is 0 Å². The molecule has 2 aromatic heterocycles. The van der Waals surface area contributed by atoms with Crippen LogP contribution >= 0.6 is 0 Å². The number of aliphatic hydroxyl groups excluding tert-OH is 1. The van der Waals surface area contributed by atoms with Crippen LogP contribution < -0.4 is 10.1 Å². The number of aromatic nitrogens is 2. The fourth-order valence-electron chi connectivity index (χ4n) is 3.47. The van der Waals surface area contributed by atoms with Gasteiger partial charge in [-0.2, -0.15) is 0 Å². The number of aromatic amines is 1. The van der Waals surface area contributed by atoms with Crippen molar-refractivity contribution < 1.29 is 14.6 Å². The van der Waals surface area contributed by atoms with Crippen LogP contribution in [0.15, 0.2) is 48.7 Å². The Bertz CT molecular complexity index is 916. The summed E-state index contributed by atoms with van der Waals surface area (Å²) in [6, 6.07) is 12.9. The van der Waals surface area contributed by atoms with Crippen molar-refractivity contribution in [1.29, 1.82) is 0 Å². The van der Waals surface area contributed by atoms with Gasteiger partial charge in [0, 0.05) is 17.1 Å². The molecule has 2 heterocycles. The van der Waals surface area contributed by atoms with Crippen LogP contribution in [-0.4, -0.2) is 34.2 Å². The molecule has 6 heteroatoms. The molecule has 0 aliphatic heterocycles. The topological polar surface area (TPSA) is 87.2 Å². The minimum Gasteiger partial charge on any atom is -0.497 e. The molecule has 0 bridgehead atoms. The van der Waals surface area contributed by atoms with Crippen molar-refractivity contribution in [3.05, 3.63) is 60.0 Å². The van der Waals surface area contributed by atoms with Gasteiger partial charge in [0.25, 0.3) is 5.91 Å². The van der Waals surface area contributed by atoms with Gasteiger partial charge >= 0.3 is 0 Å². The number of aliphatic hydroxyl groups is 1. The minimum absolute atomic E-state index is 0.183. The van der Waals surface area contributed by atoms with Crippen molar-refractivity contribution in [1.82, 2.24) is 15.3 Å². The Morgan fingerprint density at radius 1 is 1.31 bits per heavy atom. The summed E-state index contributed by atoms with van der Waals surface area (Å²) in [5.74, 6) is 0.754. The third kappa shape index (κ3) is 3.15. The molecule has 1 saturated carbocycles. The Kier molecular flexibility index (Phi) is 4.34. The maximum Gasteiger partial charge on any atom is 0.268 e. The molecule has 0 spiro atoms. The highest BCUT2D eigenvalue weighted by Gasteiger charge is 2.36. The number of hydrogen-bond donors (Lipinski definition) is 3. The largest absolute Gasteiger partial charge is 0.497 e. The summed E-state index contributed by atoms with van der Waals surface area (Å²) < 4.78 is 5.23. The lowest BCUT2D eigenvalue weighted by Gasteiger charge is -2.37. The number of rotatable bonds is 5. The molecule has 6 nitrogen and oxygen atoms in total. The van der Waals surface area contributed by atoms with Gasteiger partial charge in [0.2, 0.25) is 0 Å². The number of H-pyrrole nitrogens is 1. The number of hydrogen-bond acceptors (Lipinski definition) is 4. The maximum atomic E-state index is 12.8. The molecular weight excluding hydrogens is 330 g/mol. The lowest BCUT2D eigenvalue weighted by atomic mass is 9.76. The molecule has 1 amide bonds. The van der Waals surface area contributed by atoms with Crippen molar-refractivity contribution in [3.63, 3.8) is 0 Å². The second kappa shape index (κ2) is 6.80. The zero-order valence-electron chi connectivity index (χ0n) is 14.5. The summed E-state index contributed by atoms with van der Waals surface area (Å²) >= 11 is 0. The van der Waals surface area contributed by atoms with Gasteiger partial charge in [-0.05, 0) is 55.2 Å². The monoisotopic (exact) mass is 351 g/mol. The van der Waals surface area contributed by atoms with Crippen LogP contribution in [-0.2, 0) is 0 Å². The van der Waals surface area contributed by atoms with Crippen molar-refractivity contribution >= 4 is 16.8 Å². The van der Waals surface area contributed by atoms with Crippen molar-refractivity contribution in [2.45, 2.75) is 25.0 Å². The quantitative estimate of drug-likeness (QED) is 0.660. The van der Waals surface area contributed by atoms with Gasteiger partial charge in [-0.25, -0.2) is 0 Å². The SMILES string of the molecule is COc1ccc2[nH]c(C(=O)NC(c3ccccn3)C3CC(O)C3)cc2c1. The fourth-order valence-corrected chi connectivity index (χ4v) is 3.47. The Balaban J connectivity index is 1.58. The average molecular weight is 351 g/mol. The number of carbonyl (C=O) groups excluding carboxylic acids is 1. The lowest BCUT2D eigenvalue weighted by Crippen LogP contribution is -2.41. The standard InChI is InChI=1S/C20H21N3O3/c1-26-15-5-6-16-12(10-15)11-18(22-16)20(25)23-19(13-8-14(24)9-13)17-4-2-3-7-21-17/h2-7,10-11,13-14,19,22,24H,8-9H2,1H3,(H,23,25). The summed E-state index contributed by atoms with van der Waals surface area (Å²) in [5.41, 5.74) is 2.19. The van der Waals surface area contributed by atoms with Gasteiger partial charge in [0.05, 0.1) is 24.9 Å². The summed E-state index contributed by atoms with van der Waals surface area (Å²) in [5, 5.41) is 13.7. The van der Waals surface area contributed by atoms with Crippen LogP contribution in [0.1, 0.15) is 35.1 Å². The van der Waals surface area contributed by atoms with Crippen LogP contribution in [0.4, 0.5) is 0 Å². The van der Waals surface area contributed by atoms with E-state index in [4.69, 9.17) is 4.74 Å². The van der Waals surface area contributed by atoms with E-state index in [2.05, 4.69) is 15.3 Å². The van der Waals surface area contributed by atoms with Gasteiger partial charge in [-0.15, -0.1) is 0 Å². The molecule has 0 radical (unpaired) electrons. The van der Waals surface area contributed by atoms with Crippen molar-refractivity contribution in [3.8, 4) is 5.75 Å². The Hall–Kier alpha value is -2.86. The molecule has 1 fully saturated rings. The zero-order valence-corrected chi connectivity index (χ0v) is 14.5. The zero-order chi connectivity index (χ0) is 18.1. The van der Waals surface area contributed by atoms with Crippen molar-refractivity contribution in [2.24, 2.45) is 5.92 Å². The van der Waals surface area contributed by atoms with E-state index >= 15 is 0 Å². The number of benzene rings is 1. The number of amides is 1. The van der Waals surface area contributed by atoms with Gasteiger partial charge in [-0.1, -0.05) is 6.07 Å². The lowest BCUT2D eigenvalue weighted by molar-refractivity contribution is 0.0228. The fraction of sp³-hybridized carbons (Fsp3) is 0.300. The first-order valence-electron chi connectivity index (χ1n) is 8.70. The van der Waals surface area contributed by atoms with Crippen LogP contribution in [0, 0.1) is 5.92 Å². The molecular formula is C20H21N3O3. The minimum atomic E-state index is -0.288. The molecule has 1 aliphatic carbocycles. The van der Waals surface area contributed by atoms with Crippen LogP contribution in [0.2, 0.25) is 0 Å². The van der Waals surface area contributed by atoms with Gasteiger partial charge in [-0.3, -0.25) is 9.78 Å². The van der Waals surface area contributed by atoms with E-state index in [-0.39, 0.29) is 24.0 Å². The summed E-state index contributed by atoms with van der Waals surface area (Å²) in [6.07, 6.45) is 2.78. The first-order chi connectivity index (χ1) is 12.6. The third-order valence-electron chi connectivity index (χ3n) is 4.99. The third-order valence-corrected chi connectivity index (χ3v) is 4.99. The molecule has 0 saturated heterocycles. The number of methoxy groups -OCH3 is 1. The van der Waals surface area contributed by atoms with E-state index < -0.39 is 0 Å². The first-order valence-corrected chi connectivity index (χ1v) is 8.70. The molecule has 1 aliphatic rings. The highest BCUT2D eigenvalue weighted by molar-refractivity contribution is 5.98. The van der Waals surface area contributed by atoms with E-state index in [0.29, 0.717) is 18.5 Å². The number of carbonyl (C=O) groups is 1. The maximum absolute atomic E-state index is 12.8. The number of pyridine rings is 1. The molecule has 26 heavy (non-hydrogen) atoms. The number of fused-ring (bicyclic) bond motifs is 1. The number of ether oxygens (including phenoxy) is 1. The van der Waals surface area contributed by atoms with E-state index in [1.54, 1.807) is 13.3 Å². The van der Waals surface area contributed by atoms with Crippen LogP contribution in [0.5, 0.6) is 5.75 Å². The molecule has 134 valence electrons. The highest BCUT2D eigenvalue weighted by Crippen LogP contribution is 2.37. The first kappa shape index (κ1) is 16.6. The molecule has 3 N–H and O–H groups in total. The van der Waals surface area contributed by atoms with Gasteiger partial charge in [0.1, 0.15) is 11.4 Å². The van der Waals surface area contributed by atoms with Gasteiger partial charge in [0.15, 0.2) is 0 Å². The summed E-state index contributed by atoms with van der Waals surface area (Å²) in [4.78, 5) is 20.4. The summed E-state index contributed by atoms with van der Waals surface area (Å²) in [6.45, 7) is 0. The van der Waals surface area contributed by atoms with Gasteiger partial charge < -0.3 is 20.1 Å². The van der Waals surface area contributed by atoms with E-state index in [1.807, 2.05) is 42.5 Å². The van der Waals surface area contributed by atoms with Crippen molar-refractivity contribution in [2.75, 3.05) is 7.11 Å². The normalized spacial score (nSPS) is 20.4. The number of nitrogens with one attached hydrogen (secondary N) is 2. The number of nitrogens with zero attached hydrogens (tertiary/aromatic N) is 1.